The standard InChI is InChI=1S/C16H21N5O/c1-13-17-6-10-20(13)11-7-19-16(22)14-4-5-18-15(12-14)21-8-2-3-9-21/h4-6,10,12H,2-3,7-9,11H2,1H3,(H,19,22). The highest BCUT2D eigenvalue weighted by Crippen LogP contribution is 2.18. The monoisotopic (exact) mass is 299 g/mol. The van der Waals surface area contributed by atoms with E-state index in [-0.39, 0.29) is 5.91 Å². The van der Waals surface area contributed by atoms with Crippen LogP contribution in [0, 0.1) is 6.92 Å². The van der Waals surface area contributed by atoms with Gasteiger partial charge in [0.2, 0.25) is 0 Å². The lowest BCUT2D eigenvalue weighted by Gasteiger charge is -2.16. The zero-order valence-corrected chi connectivity index (χ0v) is 12.8. The molecule has 3 heterocycles. The van der Waals surface area contributed by atoms with Gasteiger partial charge < -0.3 is 14.8 Å². The maximum absolute atomic E-state index is 12.2. The molecule has 1 aliphatic rings. The Morgan fingerprint density at radius 1 is 1.27 bits per heavy atom. The Morgan fingerprint density at radius 2 is 2.09 bits per heavy atom. The second-order valence-corrected chi connectivity index (χ2v) is 5.52. The van der Waals surface area contributed by atoms with Gasteiger partial charge in [0.05, 0.1) is 0 Å². The lowest BCUT2D eigenvalue weighted by Crippen LogP contribution is -2.28. The van der Waals surface area contributed by atoms with Crippen LogP contribution in [0.1, 0.15) is 29.0 Å². The van der Waals surface area contributed by atoms with Crippen molar-refractivity contribution in [3.8, 4) is 0 Å². The molecule has 0 radical (unpaired) electrons. The third-order valence-electron chi connectivity index (χ3n) is 4.00. The average molecular weight is 299 g/mol. The smallest absolute Gasteiger partial charge is 0.251 e. The van der Waals surface area contributed by atoms with Gasteiger partial charge in [-0.15, -0.1) is 0 Å². The Kier molecular flexibility index (Phi) is 4.37. The molecule has 1 N–H and O–H groups in total. The molecule has 2 aromatic heterocycles. The van der Waals surface area contributed by atoms with Gasteiger partial charge in [0.15, 0.2) is 0 Å². The van der Waals surface area contributed by atoms with Crippen molar-refractivity contribution in [3.63, 3.8) is 0 Å². The number of aromatic nitrogens is 3. The molecule has 0 spiro atoms. The van der Waals surface area contributed by atoms with Crippen molar-refractivity contribution in [1.82, 2.24) is 19.9 Å². The van der Waals surface area contributed by atoms with Crippen LogP contribution in [0.15, 0.2) is 30.7 Å². The van der Waals surface area contributed by atoms with Gasteiger partial charge in [0, 0.05) is 50.3 Å². The van der Waals surface area contributed by atoms with E-state index in [2.05, 4.69) is 20.2 Å². The summed E-state index contributed by atoms with van der Waals surface area (Å²) in [6.45, 7) is 5.31. The number of nitrogens with one attached hydrogen (secondary N) is 1. The van der Waals surface area contributed by atoms with E-state index in [0.717, 1.165) is 31.3 Å². The summed E-state index contributed by atoms with van der Waals surface area (Å²) in [4.78, 5) is 23.0. The molecule has 0 aromatic carbocycles. The minimum atomic E-state index is -0.0550. The third kappa shape index (κ3) is 3.27. The number of hydrogen-bond donors (Lipinski definition) is 1. The molecule has 0 unspecified atom stereocenters. The first-order chi connectivity index (χ1) is 10.7. The van der Waals surface area contributed by atoms with Gasteiger partial charge in [0.25, 0.3) is 5.91 Å². The summed E-state index contributed by atoms with van der Waals surface area (Å²) in [5.41, 5.74) is 0.666. The van der Waals surface area contributed by atoms with Crippen molar-refractivity contribution in [2.24, 2.45) is 0 Å². The highest BCUT2D eigenvalue weighted by Gasteiger charge is 2.15. The Morgan fingerprint density at radius 3 is 2.82 bits per heavy atom. The molecular weight excluding hydrogens is 278 g/mol. The maximum atomic E-state index is 12.2. The molecule has 1 aliphatic heterocycles. The average Bonchev–Trinajstić information content (AvgIpc) is 3.20. The van der Waals surface area contributed by atoms with E-state index in [1.807, 2.05) is 23.8 Å². The van der Waals surface area contributed by atoms with E-state index in [1.165, 1.54) is 12.8 Å². The zero-order valence-electron chi connectivity index (χ0n) is 12.8. The highest BCUT2D eigenvalue weighted by molar-refractivity contribution is 5.94. The van der Waals surface area contributed by atoms with Crippen molar-refractivity contribution in [1.29, 1.82) is 0 Å². The number of carbonyl (C=O) groups is 1. The molecule has 0 aliphatic carbocycles. The lowest BCUT2D eigenvalue weighted by molar-refractivity contribution is 0.0952. The number of pyridine rings is 1. The summed E-state index contributed by atoms with van der Waals surface area (Å²) in [5, 5.41) is 2.95. The first-order valence-electron chi connectivity index (χ1n) is 7.71. The van der Waals surface area contributed by atoms with Gasteiger partial charge in [-0.25, -0.2) is 9.97 Å². The normalized spacial score (nSPS) is 14.3. The van der Waals surface area contributed by atoms with Crippen molar-refractivity contribution < 1.29 is 4.79 Å². The molecule has 2 aromatic rings. The molecule has 1 amide bonds. The molecule has 0 saturated carbocycles. The highest BCUT2D eigenvalue weighted by atomic mass is 16.1. The first kappa shape index (κ1) is 14.6. The van der Waals surface area contributed by atoms with Crippen LogP contribution in [-0.2, 0) is 6.54 Å². The second kappa shape index (κ2) is 6.60. The van der Waals surface area contributed by atoms with Crippen molar-refractivity contribution >= 4 is 11.7 Å². The minimum Gasteiger partial charge on any atom is -0.357 e. The summed E-state index contributed by atoms with van der Waals surface area (Å²) in [5.74, 6) is 1.80. The van der Waals surface area contributed by atoms with E-state index < -0.39 is 0 Å². The Balaban J connectivity index is 1.57. The summed E-state index contributed by atoms with van der Waals surface area (Å²) in [6.07, 6.45) is 7.79. The Hall–Kier alpha value is -2.37. The van der Waals surface area contributed by atoms with Crippen LogP contribution >= 0.6 is 0 Å². The molecule has 1 fully saturated rings. The molecule has 0 bridgehead atoms. The van der Waals surface area contributed by atoms with Gasteiger partial charge in [-0.05, 0) is 31.9 Å². The fourth-order valence-electron chi connectivity index (χ4n) is 2.71. The second-order valence-electron chi connectivity index (χ2n) is 5.52. The lowest BCUT2D eigenvalue weighted by atomic mass is 10.2. The molecule has 1 saturated heterocycles. The van der Waals surface area contributed by atoms with Crippen LogP contribution in [0.3, 0.4) is 0 Å². The topological polar surface area (TPSA) is 63.1 Å². The SMILES string of the molecule is Cc1nccn1CCNC(=O)c1ccnc(N2CCCC2)c1. The molecule has 116 valence electrons. The summed E-state index contributed by atoms with van der Waals surface area (Å²) in [7, 11) is 0. The van der Waals surface area contributed by atoms with Crippen LogP contribution in [-0.4, -0.2) is 40.1 Å². The van der Waals surface area contributed by atoms with Crippen LogP contribution in [0.25, 0.3) is 0 Å². The van der Waals surface area contributed by atoms with Gasteiger partial charge in [0.1, 0.15) is 11.6 Å². The van der Waals surface area contributed by atoms with E-state index in [1.54, 1.807) is 18.5 Å². The molecule has 6 nitrogen and oxygen atoms in total. The van der Waals surface area contributed by atoms with Gasteiger partial charge in [-0.2, -0.15) is 0 Å². The third-order valence-corrected chi connectivity index (χ3v) is 4.00. The quantitative estimate of drug-likeness (QED) is 0.911. The van der Waals surface area contributed by atoms with E-state index in [9.17, 15) is 4.79 Å². The van der Waals surface area contributed by atoms with Crippen molar-refractivity contribution in [2.75, 3.05) is 24.5 Å². The van der Waals surface area contributed by atoms with Gasteiger partial charge in [-0.1, -0.05) is 0 Å². The number of rotatable bonds is 5. The molecule has 3 rings (SSSR count). The summed E-state index contributed by atoms with van der Waals surface area (Å²) < 4.78 is 2.02. The van der Waals surface area contributed by atoms with E-state index >= 15 is 0 Å². The number of imidazole rings is 1. The number of hydrogen-bond acceptors (Lipinski definition) is 4. The van der Waals surface area contributed by atoms with E-state index in [4.69, 9.17) is 0 Å². The van der Waals surface area contributed by atoms with Gasteiger partial charge in [-0.3, -0.25) is 4.79 Å². The summed E-state index contributed by atoms with van der Waals surface area (Å²) >= 11 is 0. The number of amides is 1. The fraction of sp³-hybridized carbons (Fsp3) is 0.438. The van der Waals surface area contributed by atoms with Crippen LogP contribution < -0.4 is 10.2 Å². The van der Waals surface area contributed by atoms with Crippen molar-refractivity contribution in [3.05, 3.63) is 42.1 Å². The number of anilines is 1. The maximum Gasteiger partial charge on any atom is 0.251 e. The summed E-state index contributed by atoms with van der Waals surface area (Å²) in [6, 6.07) is 3.64. The molecule has 22 heavy (non-hydrogen) atoms. The van der Waals surface area contributed by atoms with E-state index in [0.29, 0.717) is 12.1 Å². The largest absolute Gasteiger partial charge is 0.357 e. The number of carbonyl (C=O) groups excluding carboxylic acids is 1. The number of nitrogens with zero attached hydrogens (tertiary/aromatic N) is 4. The number of aryl methyl sites for hydroxylation is 1. The Bertz CT molecular complexity index is 645. The molecule has 0 atom stereocenters. The minimum absolute atomic E-state index is 0.0550. The van der Waals surface area contributed by atoms with Crippen molar-refractivity contribution in [2.45, 2.75) is 26.3 Å². The predicted octanol–water partition coefficient (Wildman–Crippen LogP) is 1.62. The molecule has 6 heteroatoms. The zero-order chi connectivity index (χ0) is 15.4. The predicted molar refractivity (Wildman–Crippen MR) is 85.0 cm³/mol. The van der Waals surface area contributed by atoms with Crippen LogP contribution in [0.5, 0.6) is 0 Å². The van der Waals surface area contributed by atoms with Gasteiger partial charge >= 0.3 is 0 Å². The van der Waals surface area contributed by atoms with Crippen LogP contribution in [0.4, 0.5) is 5.82 Å². The molecular formula is C16H21N5O. The Labute approximate surface area is 130 Å². The van der Waals surface area contributed by atoms with Crippen LogP contribution in [0.2, 0.25) is 0 Å². The first-order valence-corrected chi connectivity index (χ1v) is 7.71. The fourth-order valence-corrected chi connectivity index (χ4v) is 2.71.